The number of carbonyl (C=O) groups excluding carboxylic acids is 1. The first-order valence-corrected chi connectivity index (χ1v) is 7.57. The largest absolute Gasteiger partial charge is 0.354 e. The Bertz CT molecular complexity index is 339. The minimum atomic E-state index is -3.25. The lowest BCUT2D eigenvalue weighted by molar-refractivity contribution is -0.120. The summed E-state index contributed by atoms with van der Waals surface area (Å²) < 4.78 is 25.6. The SMILES string of the molecule is CNCC(=O)NCCS(=O)(=O)NCC1CCC1. The zero-order valence-corrected chi connectivity index (χ0v) is 11.0. The maximum absolute atomic E-state index is 11.5. The van der Waals surface area contributed by atoms with Crippen LogP contribution in [0.1, 0.15) is 19.3 Å². The molecule has 1 rings (SSSR count). The van der Waals surface area contributed by atoms with E-state index in [9.17, 15) is 13.2 Å². The van der Waals surface area contributed by atoms with E-state index in [1.54, 1.807) is 7.05 Å². The van der Waals surface area contributed by atoms with E-state index in [1.807, 2.05) is 0 Å². The van der Waals surface area contributed by atoms with Gasteiger partial charge in [0.05, 0.1) is 12.3 Å². The Hall–Kier alpha value is -0.660. The molecule has 0 heterocycles. The lowest BCUT2D eigenvalue weighted by Crippen LogP contribution is -2.39. The number of sulfonamides is 1. The summed E-state index contributed by atoms with van der Waals surface area (Å²) in [5.74, 6) is 0.250. The first-order valence-electron chi connectivity index (χ1n) is 5.92. The minimum absolute atomic E-state index is 0.0603. The molecule has 0 bridgehead atoms. The molecule has 0 aromatic heterocycles. The molecule has 0 aliphatic heterocycles. The Kier molecular flexibility index (Phi) is 5.87. The third kappa shape index (κ3) is 5.99. The molecular weight excluding hydrogens is 242 g/mol. The molecule has 0 saturated heterocycles. The number of likely N-dealkylation sites (N-methyl/N-ethyl adjacent to an activating group) is 1. The zero-order valence-electron chi connectivity index (χ0n) is 10.2. The van der Waals surface area contributed by atoms with E-state index in [0.717, 1.165) is 12.8 Å². The molecule has 100 valence electrons. The number of rotatable bonds is 8. The fraction of sp³-hybridized carbons (Fsp3) is 0.900. The third-order valence-electron chi connectivity index (χ3n) is 2.85. The molecule has 1 amide bonds. The van der Waals surface area contributed by atoms with Crippen LogP contribution >= 0.6 is 0 Å². The molecule has 1 fully saturated rings. The van der Waals surface area contributed by atoms with Crippen molar-refractivity contribution in [2.45, 2.75) is 19.3 Å². The van der Waals surface area contributed by atoms with Gasteiger partial charge < -0.3 is 10.6 Å². The maximum Gasteiger partial charge on any atom is 0.233 e. The zero-order chi connectivity index (χ0) is 12.7. The average Bonchev–Trinajstić information content (AvgIpc) is 2.15. The standard InChI is InChI=1S/C10H21N3O3S/c1-11-8-10(14)12-5-6-17(15,16)13-7-9-3-2-4-9/h9,11,13H,2-8H2,1H3,(H,12,14). The smallest absolute Gasteiger partial charge is 0.233 e. The van der Waals surface area contributed by atoms with E-state index >= 15 is 0 Å². The second kappa shape index (κ2) is 6.93. The van der Waals surface area contributed by atoms with Crippen LogP contribution in [-0.2, 0) is 14.8 Å². The molecule has 0 radical (unpaired) electrons. The predicted molar refractivity (Wildman–Crippen MR) is 66.1 cm³/mol. The van der Waals surface area contributed by atoms with Crippen LogP contribution in [0.3, 0.4) is 0 Å². The Morgan fingerprint density at radius 2 is 2.06 bits per heavy atom. The predicted octanol–water partition coefficient (Wildman–Crippen LogP) is -0.958. The van der Waals surface area contributed by atoms with E-state index in [2.05, 4.69) is 15.4 Å². The van der Waals surface area contributed by atoms with Gasteiger partial charge in [-0.25, -0.2) is 13.1 Å². The summed E-state index contributed by atoms with van der Waals surface area (Å²) in [7, 11) is -1.59. The number of carbonyl (C=O) groups is 1. The van der Waals surface area contributed by atoms with Crippen molar-refractivity contribution in [3.05, 3.63) is 0 Å². The summed E-state index contributed by atoms with van der Waals surface area (Å²) in [4.78, 5) is 11.1. The lowest BCUT2D eigenvalue weighted by Gasteiger charge is -2.25. The summed E-state index contributed by atoms with van der Waals surface area (Å²) >= 11 is 0. The second-order valence-corrected chi connectivity index (χ2v) is 6.27. The molecule has 0 atom stereocenters. The van der Waals surface area contributed by atoms with Crippen molar-refractivity contribution in [3.8, 4) is 0 Å². The first-order chi connectivity index (χ1) is 8.03. The van der Waals surface area contributed by atoms with Gasteiger partial charge in [-0.05, 0) is 25.8 Å². The van der Waals surface area contributed by atoms with Crippen molar-refractivity contribution < 1.29 is 13.2 Å². The van der Waals surface area contributed by atoms with Gasteiger partial charge >= 0.3 is 0 Å². The van der Waals surface area contributed by atoms with Gasteiger partial charge in [-0.1, -0.05) is 6.42 Å². The number of hydrogen-bond acceptors (Lipinski definition) is 4. The molecule has 1 saturated carbocycles. The van der Waals surface area contributed by atoms with Gasteiger partial charge in [0.1, 0.15) is 0 Å². The van der Waals surface area contributed by atoms with Crippen LogP contribution in [0.2, 0.25) is 0 Å². The molecule has 6 nitrogen and oxygen atoms in total. The topological polar surface area (TPSA) is 87.3 Å². The summed E-state index contributed by atoms with van der Waals surface area (Å²) in [6.07, 6.45) is 3.43. The Morgan fingerprint density at radius 3 is 2.59 bits per heavy atom. The Balaban J connectivity index is 2.12. The van der Waals surface area contributed by atoms with Crippen LogP contribution in [0.25, 0.3) is 0 Å². The highest BCUT2D eigenvalue weighted by molar-refractivity contribution is 7.89. The first kappa shape index (κ1) is 14.4. The van der Waals surface area contributed by atoms with Crippen molar-refractivity contribution in [2.75, 3.05) is 32.4 Å². The molecule has 0 aromatic carbocycles. The van der Waals surface area contributed by atoms with E-state index in [-0.39, 0.29) is 24.7 Å². The highest BCUT2D eigenvalue weighted by Crippen LogP contribution is 2.25. The summed E-state index contributed by atoms with van der Waals surface area (Å²) in [5, 5.41) is 5.23. The fourth-order valence-corrected chi connectivity index (χ4v) is 2.57. The van der Waals surface area contributed by atoms with Crippen molar-refractivity contribution >= 4 is 15.9 Å². The van der Waals surface area contributed by atoms with Crippen LogP contribution in [0.15, 0.2) is 0 Å². The van der Waals surface area contributed by atoms with Gasteiger partial charge in [0, 0.05) is 13.1 Å². The van der Waals surface area contributed by atoms with Gasteiger partial charge in [0.25, 0.3) is 0 Å². The Morgan fingerprint density at radius 1 is 1.35 bits per heavy atom. The number of nitrogens with one attached hydrogen (secondary N) is 3. The summed E-state index contributed by atoms with van der Waals surface area (Å²) in [5.41, 5.74) is 0. The van der Waals surface area contributed by atoms with E-state index in [4.69, 9.17) is 0 Å². The molecule has 3 N–H and O–H groups in total. The van der Waals surface area contributed by atoms with Crippen LogP contribution in [-0.4, -0.2) is 46.8 Å². The second-order valence-electron chi connectivity index (χ2n) is 4.34. The maximum atomic E-state index is 11.5. The van der Waals surface area contributed by atoms with Crippen LogP contribution < -0.4 is 15.4 Å². The van der Waals surface area contributed by atoms with Crippen LogP contribution in [0, 0.1) is 5.92 Å². The van der Waals surface area contributed by atoms with E-state index in [1.165, 1.54) is 6.42 Å². The highest BCUT2D eigenvalue weighted by atomic mass is 32.2. The van der Waals surface area contributed by atoms with Gasteiger partial charge in [0.15, 0.2) is 0 Å². The third-order valence-corrected chi connectivity index (χ3v) is 4.20. The molecule has 17 heavy (non-hydrogen) atoms. The lowest BCUT2D eigenvalue weighted by atomic mass is 9.86. The number of hydrogen-bond donors (Lipinski definition) is 3. The normalized spacial score (nSPS) is 16.5. The van der Waals surface area contributed by atoms with Crippen molar-refractivity contribution in [2.24, 2.45) is 5.92 Å². The minimum Gasteiger partial charge on any atom is -0.354 e. The van der Waals surface area contributed by atoms with Gasteiger partial charge in [-0.3, -0.25) is 4.79 Å². The molecule has 0 spiro atoms. The van der Waals surface area contributed by atoms with Crippen LogP contribution in [0.5, 0.6) is 0 Å². The van der Waals surface area contributed by atoms with Gasteiger partial charge in [0.2, 0.25) is 15.9 Å². The molecule has 1 aliphatic rings. The van der Waals surface area contributed by atoms with Crippen molar-refractivity contribution in [3.63, 3.8) is 0 Å². The van der Waals surface area contributed by atoms with Crippen molar-refractivity contribution in [1.29, 1.82) is 0 Å². The molecular formula is C10H21N3O3S. The van der Waals surface area contributed by atoms with Gasteiger partial charge in [-0.15, -0.1) is 0 Å². The van der Waals surface area contributed by atoms with Crippen LogP contribution in [0.4, 0.5) is 0 Å². The quantitative estimate of drug-likeness (QED) is 0.526. The fourth-order valence-electron chi connectivity index (χ4n) is 1.56. The van der Waals surface area contributed by atoms with Gasteiger partial charge in [-0.2, -0.15) is 0 Å². The Labute approximate surface area is 103 Å². The van der Waals surface area contributed by atoms with E-state index in [0.29, 0.717) is 12.5 Å². The summed E-state index contributed by atoms with van der Waals surface area (Å²) in [6, 6.07) is 0. The summed E-state index contributed by atoms with van der Waals surface area (Å²) in [6.45, 7) is 0.892. The molecule has 1 aliphatic carbocycles. The molecule has 7 heteroatoms. The highest BCUT2D eigenvalue weighted by Gasteiger charge is 2.19. The monoisotopic (exact) mass is 263 g/mol. The molecule has 0 unspecified atom stereocenters. The average molecular weight is 263 g/mol. The molecule has 0 aromatic rings. The van der Waals surface area contributed by atoms with Crippen molar-refractivity contribution in [1.82, 2.24) is 15.4 Å². The van der Waals surface area contributed by atoms with E-state index < -0.39 is 10.0 Å². The number of amides is 1.